The Labute approximate surface area is 75.9 Å². The molecular weight excluding hydrogens is 239 g/mol. The molecule has 0 aliphatic heterocycles. The minimum atomic E-state index is -6.11. The molecule has 0 fully saturated rings. The molecule has 10 heteroatoms. The maximum Gasteiger partial charge on any atom is 0.484 e. The lowest BCUT2D eigenvalue weighted by Crippen LogP contribution is -2.41. The smallest absolute Gasteiger partial charge is 0.248 e. The van der Waals surface area contributed by atoms with Crippen molar-refractivity contribution in [3.8, 4) is 0 Å². The Bertz CT molecular complexity index is 281. The Balaban J connectivity index is 4.68. The Morgan fingerprint density at radius 1 is 1.14 bits per heavy atom. The molecule has 0 bridgehead atoms. The van der Waals surface area contributed by atoms with Crippen molar-refractivity contribution in [2.24, 2.45) is 0 Å². The zero-order valence-electron chi connectivity index (χ0n) is 6.64. The maximum atomic E-state index is 11.9. The summed E-state index contributed by atoms with van der Waals surface area (Å²) in [6.07, 6.45) is -11.9. The molecule has 0 spiro atoms. The summed E-state index contributed by atoms with van der Waals surface area (Å²) in [4.78, 5) is 0. The molecule has 0 saturated carbocycles. The van der Waals surface area contributed by atoms with E-state index in [1.54, 1.807) is 0 Å². The summed E-state index contributed by atoms with van der Waals surface area (Å²) in [7, 11) is -5.34. The molecule has 0 rings (SSSR count). The Kier molecular flexibility index (Phi) is 3.81. The second-order valence-corrected chi connectivity index (χ2v) is 3.13. The highest BCUT2D eigenvalue weighted by molar-refractivity contribution is 7.81. The molecule has 0 aromatic heterocycles. The van der Waals surface area contributed by atoms with Crippen molar-refractivity contribution in [1.29, 1.82) is 0 Å². The van der Waals surface area contributed by atoms with E-state index in [0.717, 1.165) is 6.92 Å². The first-order chi connectivity index (χ1) is 6.02. The van der Waals surface area contributed by atoms with Crippen molar-refractivity contribution in [2.45, 2.75) is 19.2 Å². The minimum Gasteiger partial charge on any atom is -0.248 e. The quantitative estimate of drug-likeness (QED) is 0.702. The second kappa shape index (κ2) is 3.95. The van der Waals surface area contributed by atoms with Gasteiger partial charge in [0.15, 0.2) is 0 Å². The van der Waals surface area contributed by atoms with E-state index in [-0.39, 0.29) is 0 Å². The lowest BCUT2D eigenvalue weighted by atomic mass is 10.6. The van der Waals surface area contributed by atoms with Crippen LogP contribution in [0.2, 0.25) is 0 Å². The molecule has 4 nitrogen and oxygen atoms in total. The van der Waals surface area contributed by atoms with E-state index < -0.39 is 29.3 Å². The summed E-state index contributed by atoms with van der Waals surface area (Å²) in [5.41, 5.74) is 0. The lowest BCUT2D eigenvalue weighted by molar-refractivity contribution is -0.361. The first-order valence-corrected chi connectivity index (χ1v) is 4.39. The van der Waals surface area contributed by atoms with Gasteiger partial charge < -0.3 is 0 Å². The molecular formula is C4H5F5O4S. The largest absolute Gasteiger partial charge is 0.484 e. The van der Waals surface area contributed by atoms with Crippen LogP contribution in [0.25, 0.3) is 0 Å². The Hall–Kier alpha value is -0.480. The van der Waals surface area contributed by atoms with Crippen LogP contribution in [-0.2, 0) is 18.8 Å². The fourth-order valence-corrected chi connectivity index (χ4v) is 1.03. The number of rotatable bonds is 4. The van der Waals surface area contributed by atoms with E-state index in [0.29, 0.717) is 0 Å². The van der Waals surface area contributed by atoms with E-state index >= 15 is 0 Å². The van der Waals surface area contributed by atoms with Crippen LogP contribution in [0.1, 0.15) is 6.92 Å². The Morgan fingerprint density at radius 3 is 1.86 bits per heavy atom. The van der Waals surface area contributed by atoms with Gasteiger partial charge in [-0.15, -0.1) is 0 Å². The van der Waals surface area contributed by atoms with Crippen LogP contribution >= 0.6 is 0 Å². The molecule has 0 atom stereocenters. The molecule has 0 radical (unpaired) electrons. The molecule has 0 saturated heterocycles. The van der Waals surface area contributed by atoms with Gasteiger partial charge in [0.1, 0.15) is 0 Å². The van der Waals surface area contributed by atoms with Crippen molar-refractivity contribution >= 4 is 10.4 Å². The molecule has 86 valence electrons. The molecule has 0 aromatic carbocycles. The molecule has 0 aliphatic rings. The number of hydrogen-bond donors (Lipinski definition) is 0. The van der Waals surface area contributed by atoms with Crippen LogP contribution in [0, 0.1) is 0 Å². The number of hydrogen-bond acceptors (Lipinski definition) is 4. The zero-order chi connectivity index (χ0) is 11.6. The topological polar surface area (TPSA) is 52.6 Å². The van der Waals surface area contributed by atoms with E-state index in [9.17, 15) is 30.4 Å². The van der Waals surface area contributed by atoms with Gasteiger partial charge in [0.05, 0.1) is 6.61 Å². The van der Waals surface area contributed by atoms with Gasteiger partial charge in [0.2, 0.25) is 0 Å². The van der Waals surface area contributed by atoms with Crippen LogP contribution in [0.5, 0.6) is 0 Å². The van der Waals surface area contributed by atoms with Gasteiger partial charge in [-0.1, -0.05) is 0 Å². The molecule has 0 N–H and O–H groups in total. The van der Waals surface area contributed by atoms with Gasteiger partial charge in [-0.3, -0.25) is 0 Å². The highest BCUT2D eigenvalue weighted by atomic mass is 32.3. The predicted molar refractivity (Wildman–Crippen MR) is 32.6 cm³/mol. The minimum absolute atomic E-state index is 0.615. The monoisotopic (exact) mass is 244 g/mol. The van der Waals surface area contributed by atoms with Gasteiger partial charge in [0, 0.05) is 0 Å². The summed E-state index contributed by atoms with van der Waals surface area (Å²) >= 11 is 0. The van der Waals surface area contributed by atoms with Crippen molar-refractivity contribution in [2.75, 3.05) is 6.61 Å². The van der Waals surface area contributed by atoms with Gasteiger partial charge in [-0.2, -0.15) is 34.6 Å². The summed E-state index contributed by atoms with van der Waals surface area (Å²) in [6.45, 7) is 0.461. The van der Waals surface area contributed by atoms with E-state index in [1.807, 2.05) is 0 Å². The molecule has 0 aliphatic carbocycles. The molecule has 0 amide bonds. The standard InChI is InChI=1S/C4H5F5O4S/c1-2-12-14(10,11)13-4(8,9)3(5,6)7/h2H2,1H3. The van der Waals surface area contributed by atoms with Gasteiger partial charge in [-0.05, 0) is 6.92 Å². The van der Waals surface area contributed by atoms with Crippen molar-refractivity contribution < 1.29 is 38.7 Å². The van der Waals surface area contributed by atoms with Crippen LogP contribution in [0.4, 0.5) is 22.0 Å². The van der Waals surface area contributed by atoms with E-state index in [2.05, 4.69) is 8.37 Å². The fourth-order valence-electron chi connectivity index (χ4n) is 0.344. The normalized spacial score (nSPS) is 14.4. The Morgan fingerprint density at radius 2 is 1.57 bits per heavy atom. The van der Waals surface area contributed by atoms with Crippen LogP contribution in [0.15, 0.2) is 0 Å². The summed E-state index contributed by atoms with van der Waals surface area (Å²) < 4.78 is 84.7. The number of halogens is 5. The number of alkyl halides is 5. The first kappa shape index (κ1) is 13.5. The third-order valence-corrected chi connectivity index (χ3v) is 1.74. The van der Waals surface area contributed by atoms with Crippen LogP contribution < -0.4 is 0 Å². The predicted octanol–water partition coefficient (Wildman–Crippen LogP) is 1.44. The summed E-state index contributed by atoms with van der Waals surface area (Å²) in [6, 6.07) is 0. The molecule has 0 aromatic rings. The van der Waals surface area contributed by atoms with E-state index in [1.165, 1.54) is 0 Å². The van der Waals surface area contributed by atoms with Gasteiger partial charge >= 0.3 is 22.7 Å². The van der Waals surface area contributed by atoms with Crippen LogP contribution in [0.3, 0.4) is 0 Å². The van der Waals surface area contributed by atoms with Gasteiger partial charge in [-0.25, -0.2) is 4.18 Å². The average molecular weight is 244 g/mol. The van der Waals surface area contributed by atoms with Crippen molar-refractivity contribution in [1.82, 2.24) is 0 Å². The van der Waals surface area contributed by atoms with Crippen molar-refractivity contribution in [3.05, 3.63) is 0 Å². The molecule has 14 heavy (non-hydrogen) atoms. The van der Waals surface area contributed by atoms with Crippen molar-refractivity contribution in [3.63, 3.8) is 0 Å². The SMILES string of the molecule is CCOS(=O)(=O)OC(F)(F)C(F)(F)F. The fraction of sp³-hybridized carbons (Fsp3) is 1.00. The first-order valence-electron chi connectivity index (χ1n) is 3.06. The van der Waals surface area contributed by atoms with Crippen LogP contribution in [-0.4, -0.2) is 27.3 Å². The molecule has 0 heterocycles. The highest BCUT2D eigenvalue weighted by Crippen LogP contribution is 2.37. The second-order valence-electron chi connectivity index (χ2n) is 1.91. The maximum absolute atomic E-state index is 11.9. The molecule has 0 unspecified atom stereocenters. The summed E-state index contributed by atoms with van der Waals surface area (Å²) in [5, 5.41) is 0. The zero-order valence-corrected chi connectivity index (χ0v) is 7.45. The van der Waals surface area contributed by atoms with E-state index in [4.69, 9.17) is 0 Å². The lowest BCUT2D eigenvalue weighted by Gasteiger charge is -2.17. The third-order valence-electron chi connectivity index (χ3n) is 0.799. The van der Waals surface area contributed by atoms with Gasteiger partial charge in [0.25, 0.3) is 0 Å². The summed E-state index contributed by atoms with van der Waals surface area (Å²) in [5.74, 6) is 0. The average Bonchev–Trinajstić information content (AvgIpc) is 1.80. The third kappa shape index (κ3) is 3.72. The highest BCUT2D eigenvalue weighted by Gasteiger charge is 2.62.